The number of allylic oxidation sites excluding steroid dienone is 2. The van der Waals surface area contributed by atoms with E-state index in [0.29, 0.717) is 0 Å². The number of halogens is 16. The van der Waals surface area contributed by atoms with Gasteiger partial charge in [0.2, 0.25) is 0 Å². The van der Waals surface area contributed by atoms with E-state index in [2.05, 4.69) is 0 Å². The summed E-state index contributed by atoms with van der Waals surface area (Å²) in [7, 11) is 0. The zero-order chi connectivity index (χ0) is 20.9. The second-order valence-corrected chi connectivity index (χ2v) is 4.32. The van der Waals surface area contributed by atoms with E-state index in [-0.39, 0.29) is 0 Å². The molecule has 0 spiro atoms. The van der Waals surface area contributed by atoms with Gasteiger partial charge in [0.15, 0.2) is 0 Å². The number of hydrogen-bond donors (Lipinski definition) is 0. The summed E-state index contributed by atoms with van der Waals surface area (Å²) in [5.74, 6) is -7.07. The lowest BCUT2D eigenvalue weighted by Crippen LogP contribution is -2.64. The molecule has 0 amide bonds. The summed E-state index contributed by atoms with van der Waals surface area (Å²) in [5.41, 5.74) is -14.3. The van der Waals surface area contributed by atoms with E-state index in [9.17, 15) is 70.2 Å². The Morgan fingerprint density at radius 3 is 0.840 bits per heavy atom. The summed E-state index contributed by atoms with van der Waals surface area (Å²) in [6, 6.07) is 0. The smallest absolute Gasteiger partial charge is 0.219 e. The van der Waals surface area contributed by atoms with Gasteiger partial charge < -0.3 is 0 Å². The number of alkyl halides is 16. The van der Waals surface area contributed by atoms with Crippen LogP contribution in [0.15, 0.2) is 12.2 Å². The van der Waals surface area contributed by atoms with Gasteiger partial charge in [-0.15, -0.1) is 0 Å². The highest BCUT2D eigenvalue weighted by atomic mass is 19.4. The minimum absolute atomic E-state index is 2.36. The van der Waals surface area contributed by atoms with E-state index >= 15 is 0 Å². The molecule has 0 N–H and O–H groups in total. The molecule has 0 aliphatic rings. The van der Waals surface area contributed by atoms with Crippen LogP contribution in [0.25, 0.3) is 0 Å². The molecule has 0 atom stereocenters. The molecule has 16 heteroatoms. The van der Waals surface area contributed by atoms with E-state index in [1.165, 1.54) is 0 Å². The van der Waals surface area contributed by atoms with Crippen LogP contribution in [-0.4, -0.2) is 42.0 Å². The van der Waals surface area contributed by atoms with Gasteiger partial charge >= 0.3 is 42.0 Å². The summed E-state index contributed by atoms with van der Waals surface area (Å²) in [6.07, 6.45) is -34.0. The third kappa shape index (κ3) is 3.75. The van der Waals surface area contributed by atoms with Crippen LogP contribution in [0, 0.1) is 0 Å². The van der Waals surface area contributed by atoms with Crippen molar-refractivity contribution in [3.63, 3.8) is 0 Å². The summed E-state index contributed by atoms with van der Waals surface area (Å²) < 4.78 is 196. The molecule has 0 nitrogen and oxygen atoms in total. The molecule has 0 aliphatic carbocycles. The fraction of sp³-hybridized carbons (Fsp3) is 0.778. The highest BCUT2D eigenvalue weighted by molar-refractivity contribution is 5.20. The van der Waals surface area contributed by atoms with Crippen LogP contribution in [0.3, 0.4) is 0 Å². The van der Waals surface area contributed by atoms with Gasteiger partial charge in [-0.25, -0.2) is 8.78 Å². The van der Waals surface area contributed by atoms with Gasteiger partial charge in [-0.3, -0.25) is 0 Å². The maximum Gasteiger partial charge on any atom is 0.438 e. The molecular weight excluding hydrogens is 412 g/mol. The predicted octanol–water partition coefficient (Wildman–Crippen LogP) is 5.84. The van der Waals surface area contributed by atoms with Crippen molar-refractivity contribution >= 4 is 0 Å². The van der Waals surface area contributed by atoms with Crippen LogP contribution in [0.4, 0.5) is 70.2 Å². The van der Waals surface area contributed by atoms with E-state index in [1.54, 1.807) is 0 Å². The standard InChI is InChI=1S/C9H2F16/c10-3(6(14,15)16,7(17,18)19)1-2-4(11,12)5(13,8(20,21)22)9(23,24)25/h1-2H. The second kappa shape index (κ2) is 5.82. The van der Waals surface area contributed by atoms with Gasteiger partial charge in [0.05, 0.1) is 0 Å². The largest absolute Gasteiger partial charge is 0.438 e. The Morgan fingerprint density at radius 2 is 0.640 bits per heavy atom. The normalized spacial score (nSPS) is 16.6. The van der Waals surface area contributed by atoms with Gasteiger partial charge in [0.25, 0.3) is 0 Å². The number of hydrogen-bond acceptors (Lipinski definition) is 0. The van der Waals surface area contributed by atoms with Crippen molar-refractivity contribution in [3.05, 3.63) is 12.2 Å². The molecule has 0 bridgehead atoms. The molecule has 0 aliphatic heterocycles. The minimum atomic E-state index is -7.58. The van der Waals surface area contributed by atoms with Gasteiger partial charge in [-0.05, 0) is 12.2 Å². The van der Waals surface area contributed by atoms with Crippen molar-refractivity contribution in [3.8, 4) is 0 Å². The zero-order valence-corrected chi connectivity index (χ0v) is 10.7. The lowest BCUT2D eigenvalue weighted by molar-refractivity contribution is -0.387. The first-order chi connectivity index (χ1) is 10.5. The Bertz CT molecular complexity index is 468. The maximum absolute atomic E-state index is 13.0. The first-order valence-corrected chi connectivity index (χ1v) is 5.18. The third-order valence-electron chi connectivity index (χ3n) is 2.59. The maximum atomic E-state index is 13.0. The molecular formula is C9H2F16. The zero-order valence-electron chi connectivity index (χ0n) is 10.7. The van der Waals surface area contributed by atoms with Gasteiger partial charge in [0, 0.05) is 0 Å². The van der Waals surface area contributed by atoms with Crippen molar-refractivity contribution in [1.29, 1.82) is 0 Å². The van der Waals surface area contributed by atoms with Crippen molar-refractivity contribution in [2.75, 3.05) is 0 Å². The van der Waals surface area contributed by atoms with E-state index in [1.807, 2.05) is 0 Å². The summed E-state index contributed by atoms with van der Waals surface area (Å²) >= 11 is 0. The van der Waals surface area contributed by atoms with Gasteiger partial charge in [0.1, 0.15) is 0 Å². The molecule has 150 valence electrons. The molecule has 0 unspecified atom stereocenters. The lowest BCUT2D eigenvalue weighted by atomic mass is 9.93. The van der Waals surface area contributed by atoms with Crippen LogP contribution in [-0.2, 0) is 0 Å². The molecule has 0 heterocycles. The quantitative estimate of drug-likeness (QED) is 0.402. The van der Waals surface area contributed by atoms with Crippen LogP contribution >= 0.6 is 0 Å². The van der Waals surface area contributed by atoms with Crippen LogP contribution in [0.1, 0.15) is 0 Å². The predicted molar refractivity (Wildman–Crippen MR) is 46.0 cm³/mol. The van der Waals surface area contributed by atoms with Crippen molar-refractivity contribution in [1.82, 2.24) is 0 Å². The minimum Gasteiger partial charge on any atom is -0.219 e. The SMILES string of the molecule is FC(F)(F)C(F)(C=CC(F)(F)C(F)(C(F)(F)F)C(F)(F)F)C(F)(F)F. The monoisotopic (exact) mass is 414 g/mol. The molecule has 25 heavy (non-hydrogen) atoms. The first kappa shape index (κ1) is 23.6. The third-order valence-corrected chi connectivity index (χ3v) is 2.59. The fourth-order valence-electron chi connectivity index (χ4n) is 1.22. The Balaban J connectivity index is 6.41. The highest BCUT2D eigenvalue weighted by Crippen LogP contribution is 2.56. The topological polar surface area (TPSA) is 0 Å². The number of rotatable bonds is 3. The molecule has 0 radical (unpaired) electrons. The average molecular weight is 414 g/mol. The molecule has 0 aromatic rings. The lowest BCUT2D eigenvalue weighted by Gasteiger charge is -2.35. The van der Waals surface area contributed by atoms with Crippen LogP contribution in [0.5, 0.6) is 0 Å². The average Bonchev–Trinajstić information content (AvgIpc) is 2.29. The molecule has 0 aromatic heterocycles. The molecule has 0 saturated heterocycles. The van der Waals surface area contributed by atoms with Crippen molar-refractivity contribution in [2.24, 2.45) is 0 Å². The summed E-state index contributed by atoms with van der Waals surface area (Å²) in [4.78, 5) is 0. The van der Waals surface area contributed by atoms with Crippen molar-refractivity contribution < 1.29 is 70.2 Å². The first-order valence-electron chi connectivity index (χ1n) is 5.18. The van der Waals surface area contributed by atoms with E-state index in [4.69, 9.17) is 0 Å². The van der Waals surface area contributed by atoms with E-state index < -0.39 is 54.1 Å². The van der Waals surface area contributed by atoms with Gasteiger partial charge in [-0.1, -0.05) is 0 Å². The molecule has 0 aromatic carbocycles. The Kier molecular flexibility index (Phi) is 5.50. The highest BCUT2D eigenvalue weighted by Gasteiger charge is 2.84. The molecule has 0 rings (SSSR count). The second-order valence-electron chi connectivity index (χ2n) is 4.32. The van der Waals surface area contributed by atoms with Crippen molar-refractivity contribution in [2.45, 2.75) is 42.0 Å². The Morgan fingerprint density at radius 1 is 0.360 bits per heavy atom. The Labute approximate surface area is 126 Å². The van der Waals surface area contributed by atoms with Crippen LogP contribution < -0.4 is 0 Å². The summed E-state index contributed by atoms with van der Waals surface area (Å²) in [5, 5.41) is 0. The van der Waals surface area contributed by atoms with E-state index in [0.717, 1.165) is 0 Å². The Hall–Kier alpha value is -1.38. The molecule has 0 fully saturated rings. The fourth-order valence-corrected chi connectivity index (χ4v) is 1.22. The van der Waals surface area contributed by atoms with Crippen LogP contribution in [0.2, 0.25) is 0 Å². The summed E-state index contributed by atoms with van der Waals surface area (Å²) in [6.45, 7) is 0. The van der Waals surface area contributed by atoms with Gasteiger partial charge in [-0.2, -0.15) is 61.5 Å². The molecule has 0 saturated carbocycles.